The topological polar surface area (TPSA) is 126 Å². The van der Waals surface area contributed by atoms with Gasteiger partial charge in [-0.25, -0.2) is 14.3 Å². The minimum Gasteiger partial charge on any atom is -0.478 e. The van der Waals surface area contributed by atoms with Gasteiger partial charge in [-0.2, -0.15) is 5.10 Å². The standard InChI is InChI=1S/C24H22ClN5O5/c1-2-35-24(34)28-23(30-14-18(12-26-30)22(32)33)27-21(31)16-7-8-19(25)20(11-16)29-10-9-15-5-3-4-6-17(15)13-29/h3-8,11-12,14H,2,9-10,13H2,1H3,(H,32,33)(H,27,28,31,34). The molecule has 0 aliphatic carbocycles. The molecule has 2 N–H and O–H groups in total. The van der Waals surface area contributed by atoms with Crippen LogP contribution in [0.1, 0.15) is 38.8 Å². The first-order valence-corrected chi connectivity index (χ1v) is 11.2. The average Bonchev–Trinajstić information content (AvgIpc) is 3.34. The fourth-order valence-electron chi connectivity index (χ4n) is 3.70. The van der Waals surface area contributed by atoms with Crippen LogP contribution in [0.3, 0.4) is 0 Å². The molecule has 0 saturated carbocycles. The van der Waals surface area contributed by atoms with Crippen LogP contribution in [0.25, 0.3) is 0 Å². The quantitative estimate of drug-likeness (QED) is 0.418. The number of nitrogens with zero attached hydrogens (tertiary/aromatic N) is 4. The van der Waals surface area contributed by atoms with Crippen LogP contribution >= 0.6 is 11.6 Å². The predicted octanol–water partition coefficient (Wildman–Crippen LogP) is 3.59. The maximum atomic E-state index is 13.1. The molecule has 0 fully saturated rings. The third-order valence-corrected chi connectivity index (χ3v) is 5.74. The van der Waals surface area contributed by atoms with Crippen LogP contribution in [-0.2, 0) is 17.7 Å². The number of nitrogens with one attached hydrogen (secondary N) is 1. The molecule has 35 heavy (non-hydrogen) atoms. The lowest BCUT2D eigenvalue weighted by Gasteiger charge is -2.31. The van der Waals surface area contributed by atoms with Crippen LogP contribution in [0.2, 0.25) is 5.02 Å². The van der Waals surface area contributed by atoms with Gasteiger partial charge in [-0.05, 0) is 42.7 Å². The number of rotatable bonds is 4. The Bertz CT molecular complexity index is 1320. The molecule has 1 aromatic heterocycles. The van der Waals surface area contributed by atoms with E-state index in [1.54, 1.807) is 25.1 Å². The number of fused-ring (bicyclic) bond motifs is 1. The average molecular weight is 496 g/mol. The van der Waals surface area contributed by atoms with Crippen molar-refractivity contribution in [1.29, 1.82) is 0 Å². The lowest BCUT2D eigenvalue weighted by Crippen LogP contribution is -2.37. The number of halogens is 1. The molecule has 3 aromatic rings. The first-order valence-electron chi connectivity index (χ1n) is 10.8. The third-order valence-electron chi connectivity index (χ3n) is 5.42. The number of hydrogen-bond acceptors (Lipinski definition) is 6. The van der Waals surface area contributed by atoms with Crippen molar-refractivity contribution in [1.82, 2.24) is 15.1 Å². The number of carbonyl (C=O) groups is 3. The molecule has 0 unspecified atom stereocenters. The lowest BCUT2D eigenvalue weighted by atomic mass is 9.99. The van der Waals surface area contributed by atoms with Gasteiger partial charge in [0.15, 0.2) is 0 Å². The number of carboxylic acid groups (broad SMARTS) is 1. The van der Waals surface area contributed by atoms with Crippen LogP contribution in [-0.4, -0.2) is 52.0 Å². The summed E-state index contributed by atoms with van der Waals surface area (Å²) in [4.78, 5) is 42.1. The molecule has 0 saturated heterocycles. The summed E-state index contributed by atoms with van der Waals surface area (Å²) in [5, 5.41) is 16.0. The van der Waals surface area contributed by atoms with Crippen molar-refractivity contribution in [2.24, 2.45) is 4.99 Å². The Morgan fingerprint density at radius 2 is 1.94 bits per heavy atom. The van der Waals surface area contributed by atoms with Crippen molar-refractivity contribution in [3.05, 3.63) is 82.1 Å². The molecule has 1 aliphatic heterocycles. The van der Waals surface area contributed by atoms with E-state index in [0.29, 0.717) is 17.3 Å². The summed E-state index contributed by atoms with van der Waals surface area (Å²) in [6.07, 6.45) is 2.09. The summed E-state index contributed by atoms with van der Waals surface area (Å²) >= 11 is 6.47. The number of ether oxygens (including phenoxy) is 1. The minimum atomic E-state index is -1.22. The van der Waals surface area contributed by atoms with E-state index in [9.17, 15) is 14.4 Å². The fraction of sp³-hybridized carbons (Fsp3) is 0.208. The van der Waals surface area contributed by atoms with Crippen LogP contribution in [0.15, 0.2) is 59.9 Å². The molecule has 0 radical (unpaired) electrons. The molecule has 10 nitrogen and oxygen atoms in total. The number of amides is 2. The van der Waals surface area contributed by atoms with Crippen molar-refractivity contribution >= 4 is 41.2 Å². The molecule has 180 valence electrons. The molecule has 1 aliphatic rings. The number of benzene rings is 2. The second-order valence-corrected chi connectivity index (χ2v) is 8.08. The van der Waals surface area contributed by atoms with E-state index < -0.39 is 18.0 Å². The van der Waals surface area contributed by atoms with Gasteiger partial charge in [0, 0.05) is 24.8 Å². The second kappa shape index (κ2) is 10.4. The van der Waals surface area contributed by atoms with E-state index in [2.05, 4.69) is 32.4 Å². The zero-order chi connectivity index (χ0) is 24.9. The van der Waals surface area contributed by atoms with E-state index in [1.165, 1.54) is 11.1 Å². The molecule has 0 spiro atoms. The number of carboxylic acids is 1. The maximum absolute atomic E-state index is 13.1. The number of hydrogen-bond donors (Lipinski definition) is 2. The van der Waals surface area contributed by atoms with Gasteiger partial charge < -0.3 is 14.7 Å². The van der Waals surface area contributed by atoms with Gasteiger partial charge in [-0.1, -0.05) is 35.9 Å². The summed E-state index contributed by atoms with van der Waals surface area (Å²) in [5.41, 5.74) is 3.31. The van der Waals surface area contributed by atoms with Gasteiger partial charge in [0.1, 0.15) is 0 Å². The van der Waals surface area contributed by atoms with Crippen LogP contribution in [0, 0.1) is 0 Å². The largest absolute Gasteiger partial charge is 0.478 e. The van der Waals surface area contributed by atoms with Gasteiger partial charge in [-0.3, -0.25) is 10.1 Å². The second-order valence-electron chi connectivity index (χ2n) is 7.67. The van der Waals surface area contributed by atoms with Crippen LogP contribution in [0.4, 0.5) is 10.5 Å². The van der Waals surface area contributed by atoms with Crippen molar-refractivity contribution in [3.8, 4) is 0 Å². The summed E-state index contributed by atoms with van der Waals surface area (Å²) < 4.78 is 5.80. The third kappa shape index (κ3) is 5.49. The molecule has 2 amide bonds. The Morgan fingerprint density at radius 3 is 2.66 bits per heavy atom. The molecular formula is C24H22ClN5O5. The number of aromatic nitrogens is 2. The highest BCUT2D eigenvalue weighted by Gasteiger charge is 2.21. The number of anilines is 1. The smallest absolute Gasteiger partial charge is 0.436 e. The monoisotopic (exact) mass is 495 g/mol. The summed E-state index contributed by atoms with van der Waals surface area (Å²) in [6.45, 7) is 3.07. The first kappa shape index (κ1) is 24.0. The first-order chi connectivity index (χ1) is 16.9. The van der Waals surface area contributed by atoms with Crippen molar-refractivity contribution < 1.29 is 24.2 Å². The Morgan fingerprint density at radius 1 is 1.17 bits per heavy atom. The minimum absolute atomic E-state index is 0.0720. The summed E-state index contributed by atoms with van der Waals surface area (Å²) in [5.74, 6) is -2.11. The molecule has 0 atom stereocenters. The highest BCUT2D eigenvalue weighted by Crippen LogP contribution is 2.31. The van der Waals surface area contributed by atoms with Gasteiger partial charge in [0.05, 0.1) is 29.1 Å². The highest BCUT2D eigenvalue weighted by molar-refractivity contribution is 6.33. The molecule has 0 bridgehead atoms. The van der Waals surface area contributed by atoms with Crippen molar-refractivity contribution in [2.75, 3.05) is 18.1 Å². The summed E-state index contributed by atoms with van der Waals surface area (Å²) in [7, 11) is 0. The number of aliphatic imine (C=N–C) groups is 1. The number of carbonyl (C=O) groups excluding carboxylic acids is 2. The van der Waals surface area contributed by atoms with E-state index in [-0.39, 0.29) is 23.7 Å². The number of aromatic carboxylic acids is 1. The lowest BCUT2D eigenvalue weighted by molar-refractivity contribution is 0.0696. The Hall–Kier alpha value is -4.18. The molecule has 11 heteroatoms. The van der Waals surface area contributed by atoms with Crippen molar-refractivity contribution in [3.63, 3.8) is 0 Å². The summed E-state index contributed by atoms with van der Waals surface area (Å²) in [6, 6.07) is 13.0. The Kier molecular flexibility index (Phi) is 7.11. The SMILES string of the molecule is CCOC(=O)/N=C(\NC(=O)c1ccc(Cl)c(N2CCc3ccccc3C2)c1)n1cc(C(=O)O)cn1. The van der Waals surface area contributed by atoms with E-state index in [4.69, 9.17) is 21.4 Å². The fourth-order valence-corrected chi connectivity index (χ4v) is 3.94. The molecular weight excluding hydrogens is 474 g/mol. The Balaban J connectivity index is 1.59. The normalized spacial score (nSPS) is 13.2. The van der Waals surface area contributed by atoms with Gasteiger partial charge in [0.2, 0.25) is 5.96 Å². The van der Waals surface area contributed by atoms with E-state index in [0.717, 1.165) is 30.0 Å². The zero-order valence-electron chi connectivity index (χ0n) is 18.8. The van der Waals surface area contributed by atoms with Gasteiger partial charge >= 0.3 is 12.1 Å². The maximum Gasteiger partial charge on any atom is 0.436 e. The van der Waals surface area contributed by atoms with E-state index >= 15 is 0 Å². The highest BCUT2D eigenvalue weighted by atomic mass is 35.5. The molecule has 2 aromatic carbocycles. The van der Waals surface area contributed by atoms with Crippen molar-refractivity contribution in [2.45, 2.75) is 19.9 Å². The predicted molar refractivity (Wildman–Crippen MR) is 129 cm³/mol. The zero-order valence-corrected chi connectivity index (χ0v) is 19.5. The van der Waals surface area contributed by atoms with Crippen LogP contribution in [0.5, 0.6) is 0 Å². The molecule has 2 heterocycles. The Labute approximate surface area is 205 Å². The van der Waals surface area contributed by atoms with Crippen LogP contribution < -0.4 is 10.2 Å². The van der Waals surface area contributed by atoms with Gasteiger partial charge in [0.25, 0.3) is 5.91 Å². The molecule has 4 rings (SSSR count). The van der Waals surface area contributed by atoms with E-state index in [1.807, 2.05) is 12.1 Å². The van der Waals surface area contributed by atoms with Gasteiger partial charge in [-0.15, -0.1) is 4.99 Å².